The molecule has 1 saturated carbocycles. The number of hydrogen-bond acceptors (Lipinski definition) is 3. The van der Waals surface area contributed by atoms with Crippen molar-refractivity contribution >= 4 is 15.9 Å². The summed E-state index contributed by atoms with van der Waals surface area (Å²) in [5.41, 5.74) is 1.09. The van der Waals surface area contributed by atoms with Crippen LogP contribution in [0.25, 0.3) is 0 Å². The molecule has 0 bridgehead atoms. The molecule has 0 radical (unpaired) electrons. The third kappa shape index (κ3) is 3.39. The zero-order valence-corrected chi connectivity index (χ0v) is 12.2. The van der Waals surface area contributed by atoms with Crippen molar-refractivity contribution in [3.8, 4) is 11.5 Å². The summed E-state index contributed by atoms with van der Waals surface area (Å²) in [6.07, 6.45) is 4.05. The van der Waals surface area contributed by atoms with Crippen molar-refractivity contribution in [3.63, 3.8) is 0 Å². The molecule has 0 aliphatic heterocycles. The first kappa shape index (κ1) is 13.7. The second-order valence-corrected chi connectivity index (χ2v) is 5.49. The number of rotatable bonds is 7. The summed E-state index contributed by atoms with van der Waals surface area (Å²) in [6.45, 7) is 0.949. The van der Waals surface area contributed by atoms with Gasteiger partial charge in [0.2, 0.25) is 0 Å². The van der Waals surface area contributed by atoms with Crippen LogP contribution in [-0.4, -0.2) is 25.4 Å². The van der Waals surface area contributed by atoms with Gasteiger partial charge in [0, 0.05) is 16.6 Å². The molecule has 0 atom stereocenters. The van der Waals surface area contributed by atoms with Crippen molar-refractivity contribution in [2.24, 2.45) is 5.92 Å². The Morgan fingerprint density at radius 2 is 2.17 bits per heavy atom. The van der Waals surface area contributed by atoms with Crippen LogP contribution in [0.2, 0.25) is 0 Å². The summed E-state index contributed by atoms with van der Waals surface area (Å²) in [6, 6.07) is 3.88. The highest BCUT2D eigenvalue weighted by molar-refractivity contribution is 9.10. The zero-order chi connectivity index (χ0) is 13.0. The van der Waals surface area contributed by atoms with Crippen LogP contribution >= 0.6 is 15.9 Å². The Kier molecular flexibility index (Phi) is 4.89. The maximum Gasteiger partial charge on any atom is 0.165 e. The fourth-order valence-electron chi connectivity index (χ4n) is 1.88. The first-order chi connectivity index (χ1) is 8.76. The molecule has 1 fully saturated rings. The molecule has 18 heavy (non-hydrogen) atoms. The van der Waals surface area contributed by atoms with Crippen molar-refractivity contribution in [1.29, 1.82) is 0 Å². The molecule has 3 nitrogen and oxygen atoms in total. The smallest absolute Gasteiger partial charge is 0.165 e. The summed E-state index contributed by atoms with van der Waals surface area (Å²) >= 11 is 3.55. The molecule has 1 N–H and O–H groups in total. The zero-order valence-electron chi connectivity index (χ0n) is 10.6. The minimum Gasteiger partial charge on any atom is -0.493 e. The SMILES string of the molecule is COc1ccc(Br)c(CCCO)c1OCC1CC1. The van der Waals surface area contributed by atoms with E-state index in [1.807, 2.05) is 12.1 Å². The first-order valence-corrected chi connectivity index (χ1v) is 7.14. The highest BCUT2D eigenvalue weighted by atomic mass is 79.9. The molecule has 0 saturated heterocycles. The molecule has 100 valence electrons. The van der Waals surface area contributed by atoms with E-state index in [0.717, 1.165) is 41.0 Å². The molecular weight excluding hydrogens is 296 g/mol. The lowest BCUT2D eigenvalue weighted by Crippen LogP contribution is -2.05. The van der Waals surface area contributed by atoms with E-state index < -0.39 is 0 Å². The average molecular weight is 315 g/mol. The maximum atomic E-state index is 8.98. The van der Waals surface area contributed by atoms with Crippen molar-refractivity contribution in [2.45, 2.75) is 25.7 Å². The third-order valence-electron chi connectivity index (χ3n) is 3.13. The number of ether oxygens (including phenoxy) is 2. The molecule has 2 rings (SSSR count). The second-order valence-electron chi connectivity index (χ2n) is 4.64. The van der Waals surface area contributed by atoms with E-state index in [0.29, 0.717) is 5.92 Å². The number of methoxy groups -OCH3 is 1. The van der Waals surface area contributed by atoms with Gasteiger partial charge in [-0.1, -0.05) is 15.9 Å². The van der Waals surface area contributed by atoms with Gasteiger partial charge in [-0.05, 0) is 43.7 Å². The third-order valence-corrected chi connectivity index (χ3v) is 3.88. The Morgan fingerprint density at radius 1 is 1.39 bits per heavy atom. The summed E-state index contributed by atoms with van der Waals surface area (Å²) in [7, 11) is 1.66. The van der Waals surface area contributed by atoms with Crippen molar-refractivity contribution in [3.05, 3.63) is 22.2 Å². The molecule has 0 amide bonds. The largest absolute Gasteiger partial charge is 0.493 e. The normalized spacial score (nSPS) is 14.6. The van der Waals surface area contributed by atoms with Crippen LogP contribution in [0.1, 0.15) is 24.8 Å². The molecule has 0 heterocycles. The summed E-state index contributed by atoms with van der Waals surface area (Å²) in [5, 5.41) is 8.98. The number of aliphatic hydroxyl groups is 1. The van der Waals surface area contributed by atoms with Gasteiger partial charge in [0.15, 0.2) is 11.5 Å². The van der Waals surface area contributed by atoms with Gasteiger partial charge in [-0.25, -0.2) is 0 Å². The summed E-state index contributed by atoms with van der Waals surface area (Å²) in [4.78, 5) is 0. The number of aliphatic hydroxyl groups excluding tert-OH is 1. The highest BCUT2D eigenvalue weighted by Crippen LogP contribution is 2.39. The minimum absolute atomic E-state index is 0.186. The van der Waals surface area contributed by atoms with E-state index in [1.54, 1.807) is 7.11 Å². The molecule has 4 heteroatoms. The van der Waals surface area contributed by atoms with Gasteiger partial charge < -0.3 is 14.6 Å². The van der Waals surface area contributed by atoms with Gasteiger partial charge in [-0.3, -0.25) is 0 Å². The van der Waals surface area contributed by atoms with Gasteiger partial charge >= 0.3 is 0 Å². The van der Waals surface area contributed by atoms with Gasteiger partial charge in [0.1, 0.15) is 0 Å². The Bertz CT molecular complexity index is 402. The maximum absolute atomic E-state index is 8.98. The van der Waals surface area contributed by atoms with Crippen LogP contribution < -0.4 is 9.47 Å². The minimum atomic E-state index is 0.186. The van der Waals surface area contributed by atoms with E-state index in [2.05, 4.69) is 15.9 Å². The van der Waals surface area contributed by atoms with Gasteiger partial charge in [-0.2, -0.15) is 0 Å². The van der Waals surface area contributed by atoms with Crippen LogP contribution in [0.15, 0.2) is 16.6 Å². The molecule has 1 aromatic rings. The Labute approximate surface area is 116 Å². The highest BCUT2D eigenvalue weighted by Gasteiger charge is 2.23. The lowest BCUT2D eigenvalue weighted by atomic mass is 10.1. The number of hydrogen-bond donors (Lipinski definition) is 1. The van der Waals surface area contributed by atoms with E-state index in [-0.39, 0.29) is 6.61 Å². The monoisotopic (exact) mass is 314 g/mol. The Hall–Kier alpha value is -0.740. The molecule has 0 unspecified atom stereocenters. The predicted octanol–water partition coefficient (Wildman–Crippen LogP) is 3.17. The standard InChI is InChI=1S/C14H19BrO3/c1-17-13-7-6-12(15)11(3-2-8-16)14(13)18-9-10-4-5-10/h6-7,10,16H,2-5,8-9H2,1H3. The molecule has 0 spiro atoms. The van der Waals surface area contributed by atoms with Crippen molar-refractivity contribution < 1.29 is 14.6 Å². The fourth-order valence-corrected chi connectivity index (χ4v) is 2.39. The van der Waals surface area contributed by atoms with Crippen LogP contribution in [-0.2, 0) is 6.42 Å². The molecule has 1 aromatic carbocycles. The van der Waals surface area contributed by atoms with Crippen LogP contribution in [0.3, 0.4) is 0 Å². The van der Waals surface area contributed by atoms with Crippen LogP contribution in [0.4, 0.5) is 0 Å². The van der Waals surface area contributed by atoms with Crippen molar-refractivity contribution in [1.82, 2.24) is 0 Å². The molecule has 0 aromatic heterocycles. The predicted molar refractivity (Wildman–Crippen MR) is 74.3 cm³/mol. The Morgan fingerprint density at radius 3 is 2.78 bits per heavy atom. The lowest BCUT2D eigenvalue weighted by Gasteiger charge is -2.16. The first-order valence-electron chi connectivity index (χ1n) is 6.35. The Balaban J connectivity index is 2.20. The fraction of sp³-hybridized carbons (Fsp3) is 0.571. The van der Waals surface area contributed by atoms with Crippen LogP contribution in [0.5, 0.6) is 11.5 Å². The molecular formula is C14H19BrO3. The van der Waals surface area contributed by atoms with Gasteiger partial charge in [0.05, 0.1) is 13.7 Å². The van der Waals surface area contributed by atoms with E-state index in [4.69, 9.17) is 14.6 Å². The lowest BCUT2D eigenvalue weighted by molar-refractivity contribution is 0.271. The molecule has 1 aliphatic carbocycles. The quantitative estimate of drug-likeness (QED) is 0.840. The van der Waals surface area contributed by atoms with E-state index >= 15 is 0 Å². The number of halogens is 1. The van der Waals surface area contributed by atoms with Gasteiger partial charge in [-0.15, -0.1) is 0 Å². The van der Waals surface area contributed by atoms with Gasteiger partial charge in [0.25, 0.3) is 0 Å². The summed E-state index contributed by atoms with van der Waals surface area (Å²) < 4.78 is 12.3. The average Bonchev–Trinajstić information content (AvgIpc) is 3.19. The van der Waals surface area contributed by atoms with Crippen LogP contribution in [0, 0.1) is 5.92 Å². The number of benzene rings is 1. The van der Waals surface area contributed by atoms with Crippen molar-refractivity contribution in [2.75, 3.05) is 20.3 Å². The molecule has 1 aliphatic rings. The topological polar surface area (TPSA) is 38.7 Å². The van der Waals surface area contributed by atoms with E-state index in [1.165, 1.54) is 12.8 Å². The second kappa shape index (κ2) is 6.43. The van der Waals surface area contributed by atoms with E-state index in [9.17, 15) is 0 Å². The summed E-state index contributed by atoms with van der Waals surface area (Å²) in [5.74, 6) is 2.30.